The first-order chi connectivity index (χ1) is 13.8. The zero-order valence-electron chi connectivity index (χ0n) is 17.3. The van der Waals surface area contributed by atoms with E-state index in [0.717, 1.165) is 0 Å². The highest BCUT2D eigenvalue weighted by Gasteiger charge is 2.34. The van der Waals surface area contributed by atoms with Gasteiger partial charge in [0, 0.05) is 30.8 Å². The van der Waals surface area contributed by atoms with Gasteiger partial charge < -0.3 is 19.6 Å². The zero-order valence-corrected chi connectivity index (χ0v) is 17.3. The molecule has 156 valence electrons. The van der Waals surface area contributed by atoms with Crippen LogP contribution < -0.4 is 4.74 Å². The molecule has 0 bridgehead atoms. The summed E-state index contributed by atoms with van der Waals surface area (Å²) in [5, 5.41) is 9.68. The van der Waals surface area contributed by atoms with E-state index in [9.17, 15) is 14.3 Å². The summed E-state index contributed by atoms with van der Waals surface area (Å²) >= 11 is 0. The topological polar surface area (TPSA) is 65.9 Å². The summed E-state index contributed by atoms with van der Waals surface area (Å²) in [7, 11) is 3.94. The van der Waals surface area contributed by atoms with E-state index in [0.29, 0.717) is 29.8 Å². The second kappa shape index (κ2) is 8.88. The van der Waals surface area contributed by atoms with E-state index in [1.54, 1.807) is 29.3 Å². The highest BCUT2D eigenvalue weighted by Crippen LogP contribution is 2.30. The molecule has 1 N–H and O–H groups in total. The van der Waals surface area contributed by atoms with Gasteiger partial charge >= 0.3 is 0 Å². The lowest BCUT2D eigenvalue weighted by Gasteiger charge is -2.37. The molecule has 0 saturated carbocycles. The molecule has 0 aliphatic carbocycles. The predicted molar refractivity (Wildman–Crippen MR) is 109 cm³/mol. The number of pyridine rings is 1. The van der Waals surface area contributed by atoms with Crippen LogP contribution in [0.2, 0.25) is 0 Å². The molecule has 1 aliphatic heterocycles. The Bertz CT molecular complexity index is 874. The van der Waals surface area contributed by atoms with Crippen molar-refractivity contribution >= 4 is 5.91 Å². The Kier molecular flexibility index (Phi) is 6.49. The number of likely N-dealkylation sites (N-methyl/N-ethyl adjacent to an activating group) is 1. The summed E-state index contributed by atoms with van der Waals surface area (Å²) in [5.41, 5.74) is 1.59. The van der Waals surface area contributed by atoms with Gasteiger partial charge in [-0.15, -0.1) is 0 Å². The summed E-state index contributed by atoms with van der Waals surface area (Å²) in [4.78, 5) is 21.4. The largest absolute Gasteiger partial charge is 0.472 e. The molecule has 6 nitrogen and oxygen atoms in total. The molecule has 2 aromatic rings. The molecule has 7 heteroatoms. The molecule has 1 aromatic heterocycles. The third kappa shape index (κ3) is 4.74. The molecule has 0 radical (unpaired) electrons. The number of amides is 1. The van der Waals surface area contributed by atoms with Crippen LogP contribution in [0, 0.1) is 11.7 Å². The quantitative estimate of drug-likeness (QED) is 0.835. The summed E-state index contributed by atoms with van der Waals surface area (Å²) < 4.78 is 19.8. The van der Waals surface area contributed by atoms with Gasteiger partial charge in [-0.1, -0.05) is 19.1 Å². The zero-order chi connectivity index (χ0) is 21.1. The van der Waals surface area contributed by atoms with Crippen molar-refractivity contribution in [1.29, 1.82) is 0 Å². The fraction of sp³-hybridized carbons (Fsp3) is 0.455. The second-order valence-corrected chi connectivity index (χ2v) is 7.97. The van der Waals surface area contributed by atoms with Crippen LogP contribution in [-0.2, 0) is 0 Å². The summed E-state index contributed by atoms with van der Waals surface area (Å²) in [6.07, 6.45) is 1.43. The number of hydrogen-bond acceptors (Lipinski definition) is 5. The molecule has 0 unspecified atom stereocenters. The lowest BCUT2D eigenvalue weighted by Crippen LogP contribution is -2.49. The third-order valence-electron chi connectivity index (χ3n) is 5.22. The number of rotatable bonds is 5. The van der Waals surface area contributed by atoms with Crippen molar-refractivity contribution in [2.75, 3.05) is 33.8 Å². The number of aliphatic hydroxyl groups excluding tert-OH is 1. The highest BCUT2D eigenvalue weighted by molar-refractivity contribution is 5.98. The molecule has 1 amide bonds. The Labute approximate surface area is 170 Å². The lowest BCUT2D eigenvalue weighted by molar-refractivity contribution is 0.0348. The standard InChI is InChI=1S/C22H28FN3O3/c1-14-11-26(15(2)13-27)22(28)19-9-17(16-6-5-7-18(23)8-16)10-24-21(19)29-20(14)12-25(3)4/h5-10,14-15,20,27H,11-13H2,1-4H3/t14-,15+,20-/m0/s1. The molecule has 0 saturated heterocycles. The van der Waals surface area contributed by atoms with Gasteiger partial charge in [0.05, 0.1) is 12.6 Å². The van der Waals surface area contributed by atoms with E-state index in [4.69, 9.17) is 4.74 Å². The van der Waals surface area contributed by atoms with E-state index >= 15 is 0 Å². The number of halogens is 1. The van der Waals surface area contributed by atoms with E-state index in [-0.39, 0.29) is 42.3 Å². The second-order valence-electron chi connectivity index (χ2n) is 7.97. The Hall–Kier alpha value is -2.51. The van der Waals surface area contributed by atoms with Gasteiger partial charge in [-0.2, -0.15) is 0 Å². The normalized spacial score (nSPS) is 20.7. The minimum Gasteiger partial charge on any atom is -0.472 e. The van der Waals surface area contributed by atoms with Crippen molar-refractivity contribution in [3.05, 3.63) is 47.9 Å². The van der Waals surface area contributed by atoms with E-state index in [2.05, 4.69) is 4.98 Å². The Balaban J connectivity index is 2.08. The molecule has 3 atom stereocenters. The van der Waals surface area contributed by atoms with Crippen molar-refractivity contribution < 1.29 is 19.0 Å². The molecule has 29 heavy (non-hydrogen) atoms. The Morgan fingerprint density at radius 2 is 2.10 bits per heavy atom. The third-order valence-corrected chi connectivity index (χ3v) is 5.22. The van der Waals surface area contributed by atoms with Gasteiger partial charge in [-0.25, -0.2) is 9.37 Å². The predicted octanol–water partition coefficient (Wildman–Crippen LogP) is 2.67. The number of carbonyl (C=O) groups is 1. The maximum atomic E-state index is 13.7. The van der Waals surface area contributed by atoms with Crippen LogP contribution in [-0.4, -0.2) is 71.7 Å². The van der Waals surface area contributed by atoms with E-state index < -0.39 is 0 Å². The van der Waals surface area contributed by atoms with E-state index in [1.807, 2.05) is 32.8 Å². The van der Waals surface area contributed by atoms with Crippen molar-refractivity contribution in [2.45, 2.75) is 26.0 Å². The molecule has 3 rings (SSSR count). The number of carbonyl (C=O) groups excluding carboxylic acids is 1. The van der Waals surface area contributed by atoms with Gasteiger partial charge in [-0.05, 0) is 44.8 Å². The maximum Gasteiger partial charge on any atom is 0.259 e. The first-order valence-corrected chi connectivity index (χ1v) is 9.79. The molecule has 2 heterocycles. The molecular formula is C22H28FN3O3. The average Bonchev–Trinajstić information content (AvgIpc) is 2.69. The SMILES string of the molecule is C[C@H](CO)N1C[C@H](C)[C@H](CN(C)C)Oc2ncc(-c3cccc(F)c3)cc2C1=O. The minimum absolute atomic E-state index is 0.0493. The van der Waals surface area contributed by atoms with Crippen LogP contribution in [0.3, 0.4) is 0 Å². The van der Waals surface area contributed by atoms with Crippen LogP contribution in [0.15, 0.2) is 36.5 Å². The van der Waals surface area contributed by atoms with Gasteiger partial charge in [0.1, 0.15) is 17.5 Å². The van der Waals surface area contributed by atoms with Gasteiger partial charge in [0.15, 0.2) is 0 Å². The average molecular weight is 401 g/mol. The monoisotopic (exact) mass is 401 g/mol. The molecule has 1 aliphatic rings. The van der Waals surface area contributed by atoms with Crippen LogP contribution in [0.25, 0.3) is 11.1 Å². The van der Waals surface area contributed by atoms with Crippen LogP contribution >= 0.6 is 0 Å². The van der Waals surface area contributed by atoms with Crippen molar-refractivity contribution in [3.63, 3.8) is 0 Å². The number of hydrogen-bond donors (Lipinski definition) is 1. The summed E-state index contributed by atoms with van der Waals surface area (Å²) in [5.74, 6) is -0.286. The fourth-order valence-electron chi connectivity index (χ4n) is 3.51. The summed E-state index contributed by atoms with van der Waals surface area (Å²) in [6, 6.07) is 7.52. The number of aliphatic hydroxyl groups is 1. The van der Waals surface area contributed by atoms with Gasteiger partial charge in [0.25, 0.3) is 5.91 Å². The first-order valence-electron chi connectivity index (χ1n) is 9.79. The highest BCUT2D eigenvalue weighted by atomic mass is 19.1. The van der Waals surface area contributed by atoms with E-state index in [1.165, 1.54) is 12.1 Å². The van der Waals surface area contributed by atoms with Crippen molar-refractivity contribution in [1.82, 2.24) is 14.8 Å². The summed E-state index contributed by atoms with van der Waals surface area (Å²) in [6.45, 7) is 4.85. The van der Waals surface area contributed by atoms with Crippen LogP contribution in [0.4, 0.5) is 4.39 Å². The van der Waals surface area contributed by atoms with Crippen molar-refractivity contribution in [3.8, 4) is 17.0 Å². The number of ether oxygens (including phenoxy) is 1. The number of nitrogens with zero attached hydrogens (tertiary/aromatic N) is 3. The number of fused-ring (bicyclic) bond motifs is 1. The van der Waals surface area contributed by atoms with Gasteiger partial charge in [0.2, 0.25) is 5.88 Å². The molecule has 0 fully saturated rings. The maximum absolute atomic E-state index is 13.7. The number of benzene rings is 1. The van der Waals surface area contributed by atoms with Crippen molar-refractivity contribution in [2.24, 2.45) is 5.92 Å². The Morgan fingerprint density at radius 1 is 1.34 bits per heavy atom. The van der Waals surface area contributed by atoms with Crippen LogP contribution in [0.1, 0.15) is 24.2 Å². The minimum atomic E-state index is -0.354. The number of aromatic nitrogens is 1. The molecule has 0 spiro atoms. The Morgan fingerprint density at radius 3 is 2.76 bits per heavy atom. The van der Waals surface area contributed by atoms with Crippen LogP contribution in [0.5, 0.6) is 5.88 Å². The lowest BCUT2D eigenvalue weighted by atomic mass is 9.99. The molecular weight excluding hydrogens is 373 g/mol. The molecule has 1 aromatic carbocycles. The van der Waals surface area contributed by atoms with Gasteiger partial charge in [-0.3, -0.25) is 4.79 Å². The smallest absolute Gasteiger partial charge is 0.259 e. The fourth-order valence-corrected chi connectivity index (χ4v) is 3.51. The first kappa shape index (κ1) is 21.2.